The molecule has 1 heterocycles. The molecular formula is C15H21FN2O3. The fraction of sp³-hybridized carbons (Fsp3) is 0.533. The number of nitrogens with one attached hydrogen (secondary N) is 1. The van der Waals surface area contributed by atoms with Gasteiger partial charge in [0, 0.05) is 25.4 Å². The Hall–Kier alpha value is -1.66. The second-order valence-corrected chi connectivity index (χ2v) is 5.05. The first-order valence-corrected chi connectivity index (χ1v) is 7.19. The summed E-state index contributed by atoms with van der Waals surface area (Å²) in [6, 6.07) is 3.74. The number of carbonyl (C=O) groups excluding carboxylic acids is 1. The zero-order chi connectivity index (χ0) is 15.1. The van der Waals surface area contributed by atoms with Crippen LogP contribution in [0.4, 0.5) is 10.1 Å². The first kappa shape index (κ1) is 15.7. The van der Waals surface area contributed by atoms with Crippen molar-refractivity contribution in [1.29, 1.82) is 0 Å². The summed E-state index contributed by atoms with van der Waals surface area (Å²) in [6.45, 7) is 2.49. The van der Waals surface area contributed by atoms with Crippen LogP contribution in [0.5, 0.6) is 0 Å². The predicted molar refractivity (Wildman–Crippen MR) is 77.6 cm³/mol. The van der Waals surface area contributed by atoms with Gasteiger partial charge in [-0.25, -0.2) is 4.39 Å². The minimum absolute atomic E-state index is 0.141. The maximum absolute atomic E-state index is 12.9. The van der Waals surface area contributed by atoms with Crippen LogP contribution in [0, 0.1) is 5.82 Å². The molecular weight excluding hydrogens is 275 g/mol. The summed E-state index contributed by atoms with van der Waals surface area (Å²) >= 11 is 0. The zero-order valence-corrected chi connectivity index (χ0v) is 11.9. The van der Waals surface area contributed by atoms with E-state index in [1.54, 1.807) is 0 Å². The molecule has 2 rings (SSSR count). The molecule has 0 bridgehead atoms. The highest BCUT2D eigenvalue weighted by molar-refractivity contribution is 5.99. The Balaban J connectivity index is 1.60. The van der Waals surface area contributed by atoms with Crippen LogP contribution in [-0.2, 0) is 9.47 Å². The van der Waals surface area contributed by atoms with Crippen LogP contribution in [0.3, 0.4) is 0 Å². The Morgan fingerprint density at radius 1 is 1.52 bits per heavy atom. The molecule has 1 aliphatic rings. The summed E-state index contributed by atoms with van der Waals surface area (Å²) in [6.07, 6.45) is 3.09. The van der Waals surface area contributed by atoms with E-state index in [-0.39, 0.29) is 23.3 Å². The van der Waals surface area contributed by atoms with Gasteiger partial charge in [0.15, 0.2) is 0 Å². The van der Waals surface area contributed by atoms with Crippen LogP contribution in [0.25, 0.3) is 0 Å². The van der Waals surface area contributed by atoms with Crippen molar-refractivity contribution < 1.29 is 18.7 Å². The molecule has 116 valence electrons. The minimum atomic E-state index is -0.452. The first-order chi connectivity index (χ1) is 10.2. The topological polar surface area (TPSA) is 73.6 Å². The van der Waals surface area contributed by atoms with Crippen LogP contribution < -0.4 is 11.1 Å². The quantitative estimate of drug-likeness (QED) is 0.593. The van der Waals surface area contributed by atoms with E-state index in [1.165, 1.54) is 12.1 Å². The van der Waals surface area contributed by atoms with E-state index in [1.807, 2.05) is 0 Å². The molecule has 1 unspecified atom stereocenters. The number of hydrogen-bond acceptors (Lipinski definition) is 4. The average molecular weight is 296 g/mol. The summed E-state index contributed by atoms with van der Waals surface area (Å²) in [5, 5.41) is 2.74. The van der Waals surface area contributed by atoms with E-state index in [0.717, 1.165) is 25.5 Å². The third-order valence-corrected chi connectivity index (χ3v) is 3.34. The number of nitrogens with two attached hydrogens (primary N) is 1. The second kappa shape index (κ2) is 7.95. The second-order valence-electron chi connectivity index (χ2n) is 5.05. The van der Waals surface area contributed by atoms with Gasteiger partial charge in [0.25, 0.3) is 5.91 Å². The summed E-state index contributed by atoms with van der Waals surface area (Å²) in [7, 11) is 0. The smallest absolute Gasteiger partial charge is 0.253 e. The van der Waals surface area contributed by atoms with Crippen molar-refractivity contribution in [2.45, 2.75) is 25.4 Å². The molecule has 0 saturated carbocycles. The van der Waals surface area contributed by atoms with Crippen molar-refractivity contribution in [2.24, 2.45) is 0 Å². The fourth-order valence-electron chi connectivity index (χ4n) is 2.20. The van der Waals surface area contributed by atoms with Crippen LogP contribution in [-0.4, -0.2) is 38.4 Å². The first-order valence-electron chi connectivity index (χ1n) is 7.19. The number of carbonyl (C=O) groups is 1. The molecule has 21 heavy (non-hydrogen) atoms. The molecule has 0 spiro atoms. The Morgan fingerprint density at radius 3 is 3.10 bits per heavy atom. The molecule has 0 aromatic heterocycles. The van der Waals surface area contributed by atoms with Gasteiger partial charge in [-0.1, -0.05) is 0 Å². The van der Waals surface area contributed by atoms with Gasteiger partial charge >= 0.3 is 0 Å². The van der Waals surface area contributed by atoms with Crippen LogP contribution >= 0.6 is 0 Å². The van der Waals surface area contributed by atoms with Crippen molar-refractivity contribution in [3.63, 3.8) is 0 Å². The Bertz CT molecular complexity index is 476. The van der Waals surface area contributed by atoms with Crippen LogP contribution in [0.2, 0.25) is 0 Å². The SMILES string of the molecule is Nc1cc(F)ccc1C(=O)NCCCOCC1CCCO1. The number of ether oxygens (including phenoxy) is 2. The van der Waals surface area contributed by atoms with E-state index in [9.17, 15) is 9.18 Å². The lowest BCUT2D eigenvalue weighted by molar-refractivity contribution is 0.0166. The van der Waals surface area contributed by atoms with Crippen molar-refractivity contribution in [1.82, 2.24) is 5.32 Å². The summed E-state index contributed by atoms with van der Waals surface area (Å²) in [5.74, 6) is -0.752. The monoisotopic (exact) mass is 296 g/mol. The lowest BCUT2D eigenvalue weighted by Crippen LogP contribution is -2.26. The van der Waals surface area contributed by atoms with E-state index >= 15 is 0 Å². The molecule has 1 atom stereocenters. The molecule has 1 fully saturated rings. The maximum Gasteiger partial charge on any atom is 0.253 e. The van der Waals surface area contributed by atoms with Gasteiger partial charge in [-0.3, -0.25) is 4.79 Å². The highest BCUT2D eigenvalue weighted by Crippen LogP contribution is 2.13. The zero-order valence-electron chi connectivity index (χ0n) is 11.9. The van der Waals surface area contributed by atoms with Crippen LogP contribution in [0.1, 0.15) is 29.6 Å². The molecule has 5 nitrogen and oxygen atoms in total. The van der Waals surface area contributed by atoms with Crippen LogP contribution in [0.15, 0.2) is 18.2 Å². The fourth-order valence-corrected chi connectivity index (χ4v) is 2.20. The number of nitrogen functional groups attached to an aromatic ring is 1. The Kier molecular flexibility index (Phi) is 5.95. The van der Waals surface area contributed by atoms with E-state index < -0.39 is 5.82 Å². The number of rotatable bonds is 7. The Morgan fingerprint density at radius 2 is 2.38 bits per heavy atom. The van der Waals surface area contributed by atoms with Crippen molar-refractivity contribution >= 4 is 11.6 Å². The van der Waals surface area contributed by atoms with Crippen molar-refractivity contribution in [3.8, 4) is 0 Å². The molecule has 1 saturated heterocycles. The third-order valence-electron chi connectivity index (χ3n) is 3.34. The Labute approximate surface area is 123 Å². The number of anilines is 1. The molecule has 3 N–H and O–H groups in total. The van der Waals surface area contributed by atoms with Gasteiger partial charge in [-0.15, -0.1) is 0 Å². The normalized spacial score (nSPS) is 17.9. The summed E-state index contributed by atoms with van der Waals surface area (Å²) in [4.78, 5) is 11.8. The van der Waals surface area contributed by atoms with Gasteiger partial charge < -0.3 is 20.5 Å². The number of halogens is 1. The number of amides is 1. The highest BCUT2D eigenvalue weighted by Gasteiger charge is 2.15. The number of benzene rings is 1. The predicted octanol–water partition coefficient (Wildman–Crippen LogP) is 1.72. The van der Waals surface area contributed by atoms with Gasteiger partial charge in [0.1, 0.15) is 5.82 Å². The van der Waals surface area contributed by atoms with Crippen molar-refractivity contribution in [3.05, 3.63) is 29.6 Å². The van der Waals surface area contributed by atoms with Gasteiger partial charge in [-0.2, -0.15) is 0 Å². The van der Waals surface area contributed by atoms with E-state index in [0.29, 0.717) is 26.2 Å². The minimum Gasteiger partial charge on any atom is -0.398 e. The highest BCUT2D eigenvalue weighted by atomic mass is 19.1. The lowest BCUT2D eigenvalue weighted by Gasteiger charge is -2.10. The standard InChI is InChI=1S/C15H21FN2O3/c16-11-4-5-13(14(17)9-11)15(19)18-6-2-7-20-10-12-3-1-8-21-12/h4-5,9,12H,1-3,6-8,10,17H2,(H,18,19). The van der Waals surface area contributed by atoms with Gasteiger partial charge in [0.05, 0.1) is 18.3 Å². The summed E-state index contributed by atoms with van der Waals surface area (Å²) < 4.78 is 23.8. The van der Waals surface area contributed by atoms with E-state index in [2.05, 4.69) is 5.32 Å². The molecule has 1 aromatic carbocycles. The third kappa shape index (κ3) is 4.99. The molecule has 0 radical (unpaired) electrons. The van der Waals surface area contributed by atoms with Gasteiger partial charge in [-0.05, 0) is 37.5 Å². The average Bonchev–Trinajstić information content (AvgIpc) is 2.95. The lowest BCUT2D eigenvalue weighted by atomic mass is 10.1. The van der Waals surface area contributed by atoms with E-state index in [4.69, 9.17) is 15.2 Å². The molecule has 1 aromatic rings. The molecule has 1 aliphatic heterocycles. The van der Waals surface area contributed by atoms with Gasteiger partial charge in [0.2, 0.25) is 0 Å². The molecule has 1 amide bonds. The summed E-state index contributed by atoms with van der Waals surface area (Å²) in [5.41, 5.74) is 6.03. The largest absolute Gasteiger partial charge is 0.398 e. The number of hydrogen-bond donors (Lipinski definition) is 2. The van der Waals surface area contributed by atoms with Crippen molar-refractivity contribution in [2.75, 3.05) is 32.1 Å². The molecule has 0 aliphatic carbocycles. The maximum atomic E-state index is 12.9. The molecule has 6 heteroatoms.